The molecule has 2 unspecified atom stereocenters. The minimum absolute atomic E-state index is 0.208. The van der Waals surface area contributed by atoms with Gasteiger partial charge in [-0.25, -0.2) is 0 Å². The molecule has 0 spiro atoms. The van der Waals surface area contributed by atoms with Gasteiger partial charge in [-0.2, -0.15) is 0 Å². The number of terminal acetylenes is 1. The lowest BCUT2D eigenvalue weighted by Crippen LogP contribution is -2.49. The first-order valence-electron chi connectivity index (χ1n) is 4.57. The van der Waals surface area contributed by atoms with Gasteiger partial charge in [0.2, 0.25) is 0 Å². The molecule has 1 fully saturated rings. The van der Waals surface area contributed by atoms with Crippen LogP contribution in [-0.2, 0) is 4.79 Å². The van der Waals surface area contributed by atoms with Crippen molar-refractivity contribution in [1.29, 1.82) is 0 Å². The van der Waals surface area contributed by atoms with E-state index in [2.05, 4.69) is 5.92 Å². The van der Waals surface area contributed by atoms with E-state index in [1.54, 1.807) is 0 Å². The third-order valence-corrected chi connectivity index (χ3v) is 2.58. The van der Waals surface area contributed by atoms with Crippen LogP contribution in [0.4, 0.5) is 0 Å². The molecule has 0 aliphatic carbocycles. The summed E-state index contributed by atoms with van der Waals surface area (Å²) in [6.07, 6.45) is 7.21. The molecule has 3 nitrogen and oxygen atoms in total. The summed E-state index contributed by atoms with van der Waals surface area (Å²) in [4.78, 5) is 12.8. The van der Waals surface area contributed by atoms with Crippen molar-refractivity contribution in [3.63, 3.8) is 0 Å². The summed E-state index contributed by atoms with van der Waals surface area (Å²) in [6, 6.07) is -0.384. The molecule has 0 amide bonds. The van der Waals surface area contributed by atoms with E-state index < -0.39 is 5.97 Å². The first kappa shape index (κ1) is 10.1. The lowest BCUT2D eigenvalue weighted by molar-refractivity contribution is -0.146. The van der Waals surface area contributed by atoms with Crippen LogP contribution in [0.5, 0.6) is 0 Å². The Morgan fingerprint density at radius 1 is 1.77 bits per heavy atom. The Labute approximate surface area is 78.7 Å². The van der Waals surface area contributed by atoms with Crippen molar-refractivity contribution >= 4 is 5.97 Å². The number of aliphatic carboxylic acids is 1. The highest BCUT2D eigenvalue weighted by molar-refractivity contribution is 5.74. The van der Waals surface area contributed by atoms with Crippen molar-refractivity contribution in [3.8, 4) is 12.3 Å². The largest absolute Gasteiger partial charge is 0.480 e. The topological polar surface area (TPSA) is 40.5 Å². The number of nitrogens with zero attached hydrogens (tertiary/aromatic N) is 1. The second-order valence-electron chi connectivity index (χ2n) is 3.58. The van der Waals surface area contributed by atoms with E-state index >= 15 is 0 Å². The third-order valence-electron chi connectivity index (χ3n) is 2.58. The van der Waals surface area contributed by atoms with Gasteiger partial charge in [-0.15, -0.1) is 6.42 Å². The molecule has 13 heavy (non-hydrogen) atoms. The van der Waals surface area contributed by atoms with Gasteiger partial charge in [0, 0.05) is 0 Å². The molecule has 1 aliphatic rings. The van der Waals surface area contributed by atoms with Crippen LogP contribution in [0.25, 0.3) is 0 Å². The van der Waals surface area contributed by atoms with Gasteiger partial charge in [0.1, 0.15) is 6.04 Å². The van der Waals surface area contributed by atoms with Crippen molar-refractivity contribution in [3.05, 3.63) is 0 Å². The Morgan fingerprint density at radius 2 is 2.46 bits per heavy atom. The number of likely N-dealkylation sites (tertiary alicyclic amines) is 1. The van der Waals surface area contributed by atoms with Crippen LogP contribution in [0.3, 0.4) is 0 Å². The van der Waals surface area contributed by atoms with Gasteiger partial charge in [0.15, 0.2) is 0 Å². The van der Waals surface area contributed by atoms with E-state index in [0.29, 0.717) is 6.54 Å². The molecule has 1 heterocycles. The van der Waals surface area contributed by atoms with E-state index in [-0.39, 0.29) is 12.0 Å². The van der Waals surface area contributed by atoms with Gasteiger partial charge in [-0.3, -0.25) is 9.69 Å². The zero-order valence-corrected chi connectivity index (χ0v) is 7.86. The molecule has 1 saturated heterocycles. The van der Waals surface area contributed by atoms with Crippen LogP contribution in [-0.4, -0.2) is 35.1 Å². The summed E-state index contributed by atoms with van der Waals surface area (Å²) >= 11 is 0. The minimum atomic E-state index is -0.748. The predicted molar refractivity (Wildman–Crippen MR) is 50.2 cm³/mol. The highest BCUT2D eigenvalue weighted by atomic mass is 16.4. The quantitative estimate of drug-likeness (QED) is 0.641. The van der Waals surface area contributed by atoms with E-state index in [1.165, 1.54) is 0 Å². The molecule has 1 N–H and O–H groups in total. The monoisotopic (exact) mass is 181 g/mol. The van der Waals surface area contributed by atoms with Crippen molar-refractivity contribution in [2.75, 3.05) is 13.1 Å². The minimum Gasteiger partial charge on any atom is -0.480 e. The second-order valence-corrected chi connectivity index (χ2v) is 3.58. The van der Waals surface area contributed by atoms with Gasteiger partial charge < -0.3 is 5.11 Å². The zero-order chi connectivity index (χ0) is 9.84. The summed E-state index contributed by atoms with van der Waals surface area (Å²) < 4.78 is 0. The molecule has 2 atom stereocenters. The summed E-state index contributed by atoms with van der Waals surface area (Å²) in [5, 5.41) is 9.00. The molecule has 1 rings (SSSR count). The van der Waals surface area contributed by atoms with Crippen molar-refractivity contribution in [2.45, 2.75) is 25.8 Å². The Kier molecular flexibility index (Phi) is 3.32. The van der Waals surface area contributed by atoms with Crippen molar-refractivity contribution < 1.29 is 9.90 Å². The maximum Gasteiger partial charge on any atom is 0.321 e. The van der Waals surface area contributed by atoms with E-state index in [4.69, 9.17) is 11.5 Å². The predicted octanol–water partition coefficient (Wildman–Crippen LogP) is 0.805. The van der Waals surface area contributed by atoms with E-state index in [1.807, 2.05) is 11.8 Å². The fraction of sp³-hybridized carbons (Fsp3) is 0.700. The van der Waals surface area contributed by atoms with Gasteiger partial charge >= 0.3 is 5.97 Å². The zero-order valence-electron chi connectivity index (χ0n) is 7.86. The van der Waals surface area contributed by atoms with Crippen LogP contribution >= 0.6 is 0 Å². The fourth-order valence-electron chi connectivity index (χ4n) is 1.97. The standard InChI is InChI=1S/C10H15NO2/c1-3-6-11-7-4-5-8(2)9(11)10(12)13/h1,8-9H,4-7H2,2H3,(H,12,13). The van der Waals surface area contributed by atoms with Crippen LogP contribution < -0.4 is 0 Å². The van der Waals surface area contributed by atoms with Crippen molar-refractivity contribution in [2.24, 2.45) is 5.92 Å². The number of piperidine rings is 1. The molecule has 72 valence electrons. The number of hydrogen-bond acceptors (Lipinski definition) is 2. The van der Waals surface area contributed by atoms with Crippen LogP contribution in [0.1, 0.15) is 19.8 Å². The van der Waals surface area contributed by atoms with Crippen molar-refractivity contribution in [1.82, 2.24) is 4.90 Å². The molecule has 0 aromatic heterocycles. The van der Waals surface area contributed by atoms with E-state index in [9.17, 15) is 4.79 Å². The maximum atomic E-state index is 10.9. The Morgan fingerprint density at radius 3 is 3.00 bits per heavy atom. The molecule has 0 saturated carbocycles. The Bertz CT molecular complexity index is 232. The molecule has 3 heteroatoms. The molecule has 1 aliphatic heterocycles. The van der Waals surface area contributed by atoms with Gasteiger partial charge in [-0.05, 0) is 25.3 Å². The maximum absolute atomic E-state index is 10.9. The first-order valence-corrected chi connectivity index (χ1v) is 4.57. The first-order chi connectivity index (χ1) is 6.16. The molecular formula is C10H15NO2. The summed E-state index contributed by atoms with van der Waals surface area (Å²) in [6.45, 7) is 3.23. The summed E-state index contributed by atoms with van der Waals surface area (Å²) in [7, 11) is 0. The number of carboxylic acids is 1. The lowest BCUT2D eigenvalue weighted by Gasteiger charge is -2.35. The van der Waals surface area contributed by atoms with Crippen LogP contribution in [0, 0.1) is 18.3 Å². The average molecular weight is 181 g/mol. The SMILES string of the molecule is C#CCN1CCCC(C)C1C(=O)O. The van der Waals surface area contributed by atoms with Gasteiger partial charge in [0.25, 0.3) is 0 Å². The second kappa shape index (κ2) is 4.29. The Hall–Kier alpha value is -1.01. The summed E-state index contributed by atoms with van der Waals surface area (Å²) in [5.74, 6) is 1.97. The third kappa shape index (κ3) is 2.22. The number of rotatable bonds is 2. The molecule has 0 radical (unpaired) electrons. The molecule has 0 bridgehead atoms. The number of carbonyl (C=O) groups is 1. The highest BCUT2D eigenvalue weighted by Gasteiger charge is 2.33. The summed E-state index contributed by atoms with van der Waals surface area (Å²) in [5.41, 5.74) is 0. The Balaban J connectivity index is 2.69. The lowest BCUT2D eigenvalue weighted by atomic mass is 9.91. The average Bonchev–Trinajstić information content (AvgIpc) is 2.04. The molecule has 0 aromatic carbocycles. The van der Waals surface area contributed by atoms with Crippen LogP contribution in [0.15, 0.2) is 0 Å². The van der Waals surface area contributed by atoms with E-state index in [0.717, 1.165) is 19.4 Å². The smallest absolute Gasteiger partial charge is 0.321 e. The number of carboxylic acid groups (broad SMARTS) is 1. The number of hydrogen-bond donors (Lipinski definition) is 1. The normalized spacial score (nSPS) is 29.5. The van der Waals surface area contributed by atoms with Gasteiger partial charge in [0.05, 0.1) is 6.54 Å². The van der Waals surface area contributed by atoms with Crippen LogP contribution in [0.2, 0.25) is 0 Å². The molecular weight excluding hydrogens is 166 g/mol. The fourth-order valence-corrected chi connectivity index (χ4v) is 1.97. The molecule has 0 aromatic rings. The highest BCUT2D eigenvalue weighted by Crippen LogP contribution is 2.22. The van der Waals surface area contributed by atoms with Gasteiger partial charge in [-0.1, -0.05) is 12.8 Å².